The summed E-state index contributed by atoms with van der Waals surface area (Å²) >= 11 is 6.18. The first-order valence-electron chi connectivity index (χ1n) is 12.8. The number of rotatable bonds is 9. The summed E-state index contributed by atoms with van der Waals surface area (Å²) in [5.41, 5.74) is 2.07. The van der Waals surface area contributed by atoms with Crippen molar-refractivity contribution in [2.75, 3.05) is 11.5 Å². The lowest BCUT2D eigenvalue weighted by Gasteiger charge is -2.25. The number of nitrogens with zero attached hydrogens (tertiary/aromatic N) is 1. The first-order chi connectivity index (χ1) is 18.4. The first-order valence-corrected chi connectivity index (χ1v) is 13.2. The van der Waals surface area contributed by atoms with Crippen LogP contribution < -0.4 is 15.1 Å². The van der Waals surface area contributed by atoms with E-state index in [-0.39, 0.29) is 22.5 Å². The van der Waals surface area contributed by atoms with E-state index in [1.165, 1.54) is 19.8 Å². The molecule has 6 nitrogen and oxygen atoms in total. The molecule has 194 valence electrons. The zero-order valence-electron chi connectivity index (χ0n) is 21.3. The van der Waals surface area contributed by atoms with Gasteiger partial charge in [-0.2, -0.15) is 0 Å². The van der Waals surface area contributed by atoms with Crippen LogP contribution in [-0.4, -0.2) is 18.3 Å². The molecule has 0 N–H and O–H groups in total. The number of fused-ring (bicyclic) bond motifs is 2. The summed E-state index contributed by atoms with van der Waals surface area (Å²) in [6.45, 7) is 4.29. The molecule has 1 amide bonds. The summed E-state index contributed by atoms with van der Waals surface area (Å²) in [5.74, 6) is 0.228. The summed E-state index contributed by atoms with van der Waals surface area (Å²) in [5, 5.41) is 0.720. The van der Waals surface area contributed by atoms with Crippen LogP contribution in [0.2, 0.25) is 5.02 Å². The van der Waals surface area contributed by atoms with E-state index in [2.05, 4.69) is 6.92 Å². The van der Waals surface area contributed by atoms with Crippen molar-refractivity contribution in [3.05, 3.63) is 104 Å². The van der Waals surface area contributed by atoms with Crippen LogP contribution in [0.3, 0.4) is 0 Å². The molecule has 4 aromatic rings. The van der Waals surface area contributed by atoms with Gasteiger partial charge in [0.2, 0.25) is 5.76 Å². The summed E-state index contributed by atoms with van der Waals surface area (Å²) in [4.78, 5) is 40.8. The van der Waals surface area contributed by atoms with Crippen LogP contribution >= 0.6 is 11.6 Å². The molecule has 1 aliphatic rings. The number of anilines is 1. The highest BCUT2D eigenvalue weighted by atomic mass is 35.5. The van der Waals surface area contributed by atoms with E-state index < -0.39 is 11.9 Å². The quantitative estimate of drug-likeness (QED) is 0.167. The van der Waals surface area contributed by atoms with Crippen LogP contribution in [-0.2, 0) is 0 Å². The Morgan fingerprint density at radius 2 is 1.71 bits per heavy atom. The molecule has 2 heterocycles. The van der Waals surface area contributed by atoms with Gasteiger partial charge in [0.15, 0.2) is 11.2 Å². The van der Waals surface area contributed by atoms with E-state index in [0.29, 0.717) is 33.8 Å². The Labute approximate surface area is 225 Å². The first kappa shape index (κ1) is 25.7. The number of carbonyl (C=O) groups is 2. The number of hydrogen-bond acceptors (Lipinski definition) is 5. The van der Waals surface area contributed by atoms with E-state index in [0.717, 1.165) is 24.2 Å². The monoisotopic (exact) mass is 529 g/mol. The highest BCUT2D eigenvalue weighted by Gasteiger charge is 2.43. The summed E-state index contributed by atoms with van der Waals surface area (Å²) in [7, 11) is 0. The molecule has 3 aromatic carbocycles. The average Bonchev–Trinajstić information content (AvgIpc) is 3.21. The number of carbonyl (C=O) groups excluding carboxylic acids is 2. The van der Waals surface area contributed by atoms with Crippen molar-refractivity contribution in [1.29, 1.82) is 0 Å². The van der Waals surface area contributed by atoms with E-state index in [1.807, 2.05) is 24.3 Å². The van der Waals surface area contributed by atoms with Crippen LogP contribution in [0.25, 0.3) is 11.0 Å². The number of ether oxygens (including phenoxy) is 1. The topological polar surface area (TPSA) is 76.8 Å². The Hall–Kier alpha value is -3.90. The number of halogens is 1. The van der Waals surface area contributed by atoms with E-state index >= 15 is 0 Å². The van der Waals surface area contributed by atoms with Crippen LogP contribution in [0.15, 0.2) is 75.9 Å². The fourth-order valence-corrected chi connectivity index (χ4v) is 5.02. The van der Waals surface area contributed by atoms with Crippen LogP contribution in [0.5, 0.6) is 5.75 Å². The van der Waals surface area contributed by atoms with Crippen molar-refractivity contribution in [1.82, 2.24) is 0 Å². The van der Waals surface area contributed by atoms with Gasteiger partial charge in [-0.05, 0) is 73.5 Å². The zero-order valence-corrected chi connectivity index (χ0v) is 22.1. The molecule has 0 bridgehead atoms. The van der Waals surface area contributed by atoms with Gasteiger partial charge >= 0.3 is 0 Å². The Morgan fingerprint density at radius 1 is 0.974 bits per heavy atom. The molecule has 5 rings (SSSR count). The molecule has 0 fully saturated rings. The summed E-state index contributed by atoms with van der Waals surface area (Å²) in [6.07, 6.45) is 4.46. The van der Waals surface area contributed by atoms with Gasteiger partial charge in [-0.1, -0.05) is 49.9 Å². The Kier molecular flexibility index (Phi) is 7.34. The summed E-state index contributed by atoms with van der Waals surface area (Å²) < 4.78 is 11.9. The second-order valence-electron chi connectivity index (χ2n) is 9.47. The van der Waals surface area contributed by atoms with Crippen molar-refractivity contribution < 1.29 is 18.7 Å². The molecular formula is C31H28ClNO5. The zero-order chi connectivity index (χ0) is 26.8. The average molecular weight is 530 g/mol. The predicted molar refractivity (Wildman–Crippen MR) is 149 cm³/mol. The molecule has 1 aliphatic heterocycles. The smallest absolute Gasteiger partial charge is 0.295 e. The molecule has 1 unspecified atom stereocenters. The number of hydrogen-bond donors (Lipinski definition) is 0. The molecule has 1 aromatic heterocycles. The predicted octanol–water partition coefficient (Wildman–Crippen LogP) is 7.36. The number of benzene rings is 3. The van der Waals surface area contributed by atoms with Crippen molar-refractivity contribution in [3.63, 3.8) is 0 Å². The molecule has 0 saturated heterocycles. The van der Waals surface area contributed by atoms with E-state index in [1.54, 1.807) is 47.4 Å². The number of ketones is 1. The third-order valence-electron chi connectivity index (χ3n) is 6.85. The fourth-order valence-electron chi connectivity index (χ4n) is 4.85. The molecule has 0 aliphatic carbocycles. The lowest BCUT2D eigenvalue weighted by molar-refractivity contribution is 0.0970. The Balaban J connectivity index is 1.57. The third-order valence-corrected chi connectivity index (χ3v) is 7.08. The molecule has 38 heavy (non-hydrogen) atoms. The van der Waals surface area contributed by atoms with Gasteiger partial charge in [-0.3, -0.25) is 19.3 Å². The van der Waals surface area contributed by atoms with Gasteiger partial charge in [0, 0.05) is 16.3 Å². The standard InChI is InChI=1S/C31H28ClNO5/c1-3-4-5-6-17-37-24-14-9-21(10-15-24)28-27-29(35)25-18-22(32)11-16-26(25)38-30(27)31(36)33(28)23-12-7-20(8-13-23)19(2)34/h7-16,18,28H,3-6,17H2,1-2H3. The maximum atomic E-state index is 13.7. The Bertz CT molecular complexity index is 1560. The summed E-state index contributed by atoms with van der Waals surface area (Å²) in [6, 6.07) is 18.3. The van der Waals surface area contributed by atoms with E-state index in [9.17, 15) is 14.4 Å². The number of unbranched alkanes of at least 4 members (excludes halogenated alkanes) is 3. The van der Waals surface area contributed by atoms with Gasteiger partial charge in [-0.25, -0.2) is 0 Å². The molecule has 7 heteroatoms. The Morgan fingerprint density at radius 3 is 2.39 bits per heavy atom. The SMILES string of the molecule is CCCCCCOc1ccc(C2c3c(oc4ccc(Cl)cc4c3=O)C(=O)N2c2ccc(C(C)=O)cc2)cc1. The third kappa shape index (κ3) is 4.84. The minimum Gasteiger partial charge on any atom is -0.494 e. The van der Waals surface area contributed by atoms with Crippen molar-refractivity contribution >= 4 is 39.9 Å². The number of amides is 1. The van der Waals surface area contributed by atoms with Crippen molar-refractivity contribution in [2.24, 2.45) is 0 Å². The molecule has 0 radical (unpaired) electrons. The van der Waals surface area contributed by atoms with Gasteiger partial charge in [0.25, 0.3) is 5.91 Å². The van der Waals surface area contributed by atoms with Crippen LogP contribution in [0.1, 0.15) is 77.6 Å². The second-order valence-corrected chi connectivity index (χ2v) is 9.91. The largest absolute Gasteiger partial charge is 0.494 e. The number of Topliss-reactive ketones (excluding diaryl/α,β-unsaturated/α-hetero) is 1. The highest BCUT2D eigenvalue weighted by Crippen LogP contribution is 2.41. The fraction of sp³-hybridized carbons (Fsp3) is 0.258. The van der Waals surface area contributed by atoms with Gasteiger partial charge in [-0.15, -0.1) is 0 Å². The minimum absolute atomic E-state index is 0.00159. The normalized spacial score (nSPS) is 14.7. The minimum atomic E-state index is -0.723. The van der Waals surface area contributed by atoms with Gasteiger partial charge < -0.3 is 9.15 Å². The van der Waals surface area contributed by atoms with Crippen LogP contribution in [0.4, 0.5) is 5.69 Å². The van der Waals surface area contributed by atoms with Crippen LogP contribution in [0, 0.1) is 0 Å². The van der Waals surface area contributed by atoms with Gasteiger partial charge in [0.05, 0.1) is 23.6 Å². The second kappa shape index (κ2) is 10.8. The van der Waals surface area contributed by atoms with Crippen molar-refractivity contribution in [2.45, 2.75) is 45.6 Å². The molecular weight excluding hydrogens is 502 g/mol. The van der Waals surface area contributed by atoms with Crippen molar-refractivity contribution in [3.8, 4) is 5.75 Å². The molecule has 1 atom stereocenters. The molecule has 0 spiro atoms. The molecule has 0 saturated carbocycles. The maximum Gasteiger partial charge on any atom is 0.295 e. The highest BCUT2D eigenvalue weighted by molar-refractivity contribution is 6.31. The van der Waals surface area contributed by atoms with Gasteiger partial charge in [0.1, 0.15) is 11.3 Å². The lowest BCUT2D eigenvalue weighted by Crippen LogP contribution is -2.29. The lowest BCUT2D eigenvalue weighted by atomic mass is 9.98. The maximum absolute atomic E-state index is 13.7. The van der Waals surface area contributed by atoms with E-state index in [4.69, 9.17) is 20.8 Å².